The van der Waals surface area contributed by atoms with Crippen molar-refractivity contribution in [1.82, 2.24) is 0 Å². The van der Waals surface area contributed by atoms with E-state index in [2.05, 4.69) is 0 Å². The summed E-state index contributed by atoms with van der Waals surface area (Å²) >= 11 is 0. The molecule has 4 rings (SSSR count). The first-order chi connectivity index (χ1) is 13.6. The van der Waals surface area contributed by atoms with Crippen LogP contribution < -0.4 is 0 Å². The fourth-order valence-electron chi connectivity index (χ4n) is 5.00. The van der Waals surface area contributed by atoms with E-state index >= 15 is 0 Å². The first kappa shape index (κ1) is 19.5. The molecule has 0 unspecified atom stereocenters. The number of benzene rings is 2. The van der Waals surface area contributed by atoms with Crippen molar-refractivity contribution in [2.45, 2.75) is 76.0 Å². The molecule has 2 fully saturated rings. The molecule has 0 heterocycles. The minimum atomic E-state index is -1.08. The van der Waals surface area contributed by atoms with Gasteiger partial charge in [-0.3, -0.25) is 0 Å². The van der Waals surface area contributed by atoms with Crippen molar-refractivity contribution in [1.29, 1.82) is 0 Å². The largest absolute Gasteiger partial charge is 0.203 e. The van der Waals surface area contributed by atoms with Crippen LogP contribution in [0.15, 0.2) is 24.3 Å². The van der Waals surface area contributed by atoms with Gasteiger partial charge in [0, 0.05) is 11.1 Å². The summed E-state index contributed by atoms with van der Waals surface area (Å²) in [4.78, 5) is 0. The van der Waals surface area contributed by atoms with Gasteiger partial charge in [-0.05, 0) is 48.6 Å². The summed E-state index contributed by atoms with van der Waals surface area (Å²) in [5.74, 6) is -3.97. The zero-order valence-corrected chi connectivity index (χ0v) is 16.0. The monoisotopic (exact) mass is 390 g/mol. The summed E-state index contributed by atoms with van der Waals surface area (Å²) in [7, 11) is 0. The molecule has 28 heavy (non-hydrogen) atoms. The van der Waals surface area contributed by atoms with E-state index in [9.17, 15) is 17.6 Å². The van der Waals surface area contributed by atoms with Crippen molar-refractivity contribution in [3.8, 4) is 11.1 Å². The summed E-state index contributed by atoms with van der Waals surface area (Å²) in [6, 6.07) is 5.91. The second-order valence-corrected chi connectivity index (χ2v) is 8.33. The Kier molecular flexibility index (Phi) is 5.75. The molecule has 2 aromatic carbocycles. The number of hydrogen-bond donors (Lipinski definition) is 0. The maximum Gasteiger partial charge on any atom is 0.167 e. The highest BCUT2D eigenvalue weighted by atomic mass is 19.2. The third kappa shape index (κ3) is 3.58. The fraction of sp³-hybridized carbons (Fsp3) is 0.500. The Morgan fingerprint density at radius 1 is 0.464 bits per heavy atom. The van der Waals surface area contributed by atoms with E-state index in [1.54, 1.807) is 12.1 Å². The Balaban J connectivity index is 1.69. The molecule has 0 bridgehead atoms. The molecule has 0 radical (unpaired) electrons. The average Bonchev–Trinajstić information content (AvgIpc) is 2.74. The van der Waals surface area contributed by atoms with Gasteiger partial charge in [-0.2, -0.15) is 0 Å². The van der Waals surface area contributed by atoms with Crippen molar-refractivity contribution < 1.29 is 17.6 Å². The van der Waals surface area contributed by atoms with E-state index in [4.69, 9.17) is 0 Å². The maximum absolute atomic E-state index is 14.8. The molecule has 2 aliphatic carbocycles. The molecule has 0 nitrogen and oxygen atoms in total. The Morgan fingerprint density at radius 2 is 0.821 bits per heavy atom. The first-order valence-electron chi connectivity index (χ1n) is 10.5. The number of halogens is 4. The van der Waals surface area contributed by atoms with Gasteiger partial charge in [0.2, 0.25) is 0 Å². The Morgan fingerprint density at radius 3 is 1.18 bits per heavy atom. The molecule has 0 aliphatic heterocycles. The molecule has 4 heteroatoms. The third-order valence-corrected chi connectivity index (χ3v) is 6.60. The van der Waals surface area contributed by atoms with Gasteiger partial charge in [-0.1, -0.05) is 62.8 Å². The number of hydrogen-bond acceptors (Lipinski definition) is 0. The fourth-order valence-corrected chi connectivity index (χ4v) is 5.00. The predicted molar refractivity (Wildman–Crippen MR) is 103 cm³/mol. The highest BCUT2D eigenvalue weighted by molar-refractivity contribution is 5.66. The quantitative estimate of drug-likeness (QED) is 0.466. The Hall–Kier alpha value is -1.84. The molecule has 0 saturated heterocycles. The Bertz CT molecular complexity index is 775. The molecule has 0 aromatic heterocycles. The molecule has 150 valence electrons. The number of rotatable bonds is 3. The molecule has 0 atom stereocenters. The lowest BCUT2D eigenvalue weighted by atomic mass is 9.82. The zero-order chi connectivity index (χ0) is 19.7. The van der Waals surface area contributed by atoms with E-state index in [1.165, 1.54) is 12.1 Å². The van der Waals surface area contributed by atoms with E-state index in [0.717, 1.165) is 64.2 Å². The van der Waals surface area contributed by atoms with Gasteiger partial charge in [0.25, 0.3) is 0 Å². The van der Waals surface area contributed by atoms with Gasteiger partial charge in [0.15, 0.2) is 23.3 Å². The van der Waals surface area contributed by atoms with E-state index in [-0.39, 0.29) is 23.0 Å². The van der Waals surface area contributed by atoms with Crippen LogP contribution in [0.25, 0.3) is 11.1 Å². The van der Waals surface area contributed by atoms with Crippen LogP contribution in [-0.4, -0.2) is 0 Å². The molecule has 0 N–H and O–H groups in total. The summed E-state index contributed by atoms with van der Waals surface area (Å²) in [5, 5.41) is 0. The van der Waals surface area contributed by atoms with Crippen molar-refractivity contribution in [2.24, 2.45) is 0 Å². The third-order valence-electron chi connectivity index (χ3n) is 6.60. The molecule has 0 spiro atoms. The van der Waals surface area contributed by atoms with Gasteiger partial charge in [-0.15, -0.1) is 0 Å². The minimum Gasteiger partial charge on any atom is -0.203 e. The standard InChI is InChI=1S/C24H26F4/c25-21-17(15-7-3-1-4-8-15)11-13-19(23(21)27)20-14-12-18(22(26)24(20)28)16-9-5-2-6-10-16/h11-16H,1-10H2. The van der Waals surface area contributed by atoms with Crippen molar-refractivity contribution >= 4 is 0 Å². The summed E-state index contributed by atoms with van der Waals surface area (Å²) < 4.78 is 59.1. The van der Waals surface area contributed by atoms with Crippen LogP contribution in [0, 0.1) is 23.3 Å². The van der Waals surface area contributed by atoms with E-state index in [1.807, 2.05) is 0 Å². The van der Waals surface area contributed by atoms with Crippen molar-refractivity contribution in [3.63, 3.8) is 0 Å². The van der Waals surface area contributed by atoms with Gasteiger partial charge < -0.3 is 0 Å². The second kappa shape index (κ2) is 8.26. The van der Waals surface area contributed by atoms with E-state index in [0.29, 0.717) is 11.1 Å². The van der Waals surface area contributed by atoms with Gasteiger partial charge in [-0.25, -0.2) is 17.6 Å². The lowest BCUT2D eigenvalue weighted by Crippen LogP contribution is -2.10. The predicted octanol–water partition coefficient (Wildman–Crippen LogP) is 8.01. The topological polar surface area (TPSA) is 0 Å². The summed E-state index contributed by atoms with van der Waals surface area (Å²) in [6.07, 6.45) is 9.65. The van der Waals surface area contributed by atoms with Crippen LogP contribution in [0.4, 0.5) is 17.6 Å². The van der Waals surface area contributed by atoms with Crippen LogP contribution >= 0.6 is 0 Å². The van der Waals surface area contributed by atoms with Crippen LogP contribution in [0.2, 0.25) is 0 Å². The van der Waals surface area contributed by atoms with Gasteiger partial charge in [0.05, 0.1) is 0 Å². The molecular formula is C24H26F4. The summed E-state index contributed by atoms with van der Waals surface area (Å²) in [5.41, 5.74) is 0.314. The normalized spacial score (nSPS) is 19.1. The highest BCUT2D eigenvalue weighted by Gasteiger charge is 2.26. The van der Waals surface area contributed by atoms with Crippen molar-refractivity contribution in [3.05, 3.63) is 58.7 Å². The van der Waals surface area contributed by atoms with Gasteiger partial charge in [0.1, 0.15) is 0 Å². The van der Waals surface area contributed by atoms with Crippen LogP contribution in [0.1, 0.15) is 87.2 Å². The lowest BCUT2D eigenvalue weighted by molar-refractivity contribution is 0.415. The van der Waals surface area contributed by atoms with Crippen LogP contribution in [-0.2, 0) is 0 Å². The molecule has 2 saturated carbocycles. The molecule has 2 aliphatic rings. The molecule has 2 aromatic rings. The lowest BCUT2D eigenvalue weighted by Gasteiger charge is -2.24. The smallest absolute Gasteiger partial charge is 0.167 e. The minimum absolute atomic E-state index is 0.00700. The van der Waals surface area contributed by atoms with E-state index < -0.39 is 23.3 Å². The zero-order valence-electron chi connectivity index (χ0n) is 16.0. The first-order valence-corrected chi connectivity index (χ1v) is 10.5. The van der Waals surface area contributed by atoms with Crippen LogP contribution in [0.5, 0.6) is 0 Å². The SMILES string of the molecule is Fc1c(-c2ccc(C3CCCCC3)c(F)c2F)ccc(C2CCCCC2)c1F. The highest BCUT2D eigenvalue weighted by Crippen LogP contribution is 2.40. The average molecular weight is 390 g/mol. The van der Waals surface area contributed by atoms with Gasteiger partial charge >= 0.3 is 0 Å². The molecule has 0 amide bonds. The van der Waals surface area contributed by atoms with Crippen LogP contribution in [0.3, 0.4) is 0 Å². The Labute approximate surface area is 164 Å². The maximum atomic E-state index is 14.8. The second-order valence-electron chi connectivity index (χ2n) is 8.33. The molecular weight excluding hydrogens is 364 g/mol. The van der Waals surface area contributed by atoms with Crippen molar-refractivity contribution in [2.75, 3.05) is 0 Å². The summed E-state index contributed by atoms with van der Waals surface area (Å²) in [6.45, 7) is 0.